The van der Waals surface area contributed by atoms with E-state index in [0.29, 0.717) is 34.0 Å². The number of aromatic nitrogens is 2. The van der Waals surface area contributed by atoms with Crippen LogP contribution in [0.1, 0.15) is 37.1 Å². The van der Waals surface area contributed by atoms with Gasteiger partial charge in [-0.05, 0) is 62.4 Å². The van der Waals surface area contributed by atoms with Gasteiger partial charge in [0.25, 0.3) is 0 Å². The Morgan fingerprint density at radius 1 is 1.18 bits per heavy atom. The van der Waals surface area contributed by atoms with E-state index in [2.05, 4.69) is 10.1 Å². The average Bonchev–Trinajstić information content (AvgIpc) is 3.00. The van der Waals surface area contributed by atoms with Gasteiger partial charge in [-0.3, -0.25) is 4.98 Å². The number of benzene rings is 1. The average molecular weight is 398 g/mol. The van der Waals surface area contributed by atoms with Crippen LogP contribution in [0.25, 0.3) is 22.0 Å². The molecule has 2 unspecified atom stereocenters. The highest BCUT2D eigenvalue weighted by Gasteiger charge is 2.47. The van der Waals surface area contributed by atoms with Crippen molar-refractivity contribution in [3.05, 3.63) is 41.9 Å². The van der Waals surface area contributed by atoms with E-state index in [1.165, 1.54) is 6.42 Å². The van der Waals surface area contributed by atoms with Crippen molar-refractivity contribution in [3.8, 4) is 11.1 Å². The van der Waals surface area contributed by atoms with Gasteiger partial charge < -0.3 is 4.52 Å². The van der Waals surface area contributed by atoms with Crippen molar-refractivity contribution < 1.29 is 12.9 Å². The molecule has 3 heterocycles. The van der Waals surface area contributed by atoms with Crippen LogP contribution in [0.3, 0.4) is 0 Å². The summed E-state index contributed by atoms with van der Waals surface area (Å²) in [5.74, 6) is 1.19. The van der Waals surface area contributed by atoms with Crippen LogP contribution in [0.15, 0.2) is 39.9 Å². The Morgan fingerprint density at radius 2 is 2.00 bits per heavy atom. The Bertz CT molecular complexity index is 1150. The summed E-state index contributed by atoms with van der Waals surface area (Å²) in [5.41, 5.74) is 3.02. The van der Waals surface area contributed by atoms with Gasteiger partial charge in [0.15, 0.2) is 0 Å². The van der Waals surface area contributed by atoms with Crippen LogP contribution in [0, 0.1) is 19.8 Å². The molecule has 0 radical (unpaired) electrons. The first-order valence-corrected chi connectivity index (χ1v) is 11.2. The van der Waals surface area contributed by atoms with Crippen molar-refractivity contribution in [3.63, 3.8) is 0 Å². The van der Waals surface area contributed by atoms with Crippen LogP contribution in [0.2, 0.25) is 0 Å². The molecule has 0 spiro atoms. The Morgan fingerprint density at radius 3 is 2.75 bits per heavy atom. The molecule has 2 fully saturated rings. The zero-order valence-corrected chi connectivity index (χ0v) is 16.9. The molecule has 7 heteroatoms. The molecule has 1 saturated carbocycles. The molecule has 0 amide bonds. The minimum absolute atomic E-state index is 0.146. The Labute approximate surface area is 164 Å². The molecule has 5 rings (SSSR count). The summed E-state index contributed by atoms with van der Waals surface area (Å²) in [4.78, 5) is 4.77. The van der Waals surface area contributed by atoms with Gasteiger partial charge in [0.2, 0.25) is 10.0 Å². The van der Waals surface area contributed by atoms with Crippen LogP contribution in [0.5, 0.6) is 0 Å². The second kappa shape index (κ2) is 6.39. The molecule has 1 aliphatic carbocycles. The number of rotatable bonds is 3. The van der Waals surface area contributed by atoms with E-state index in [9.17, 15) is 8.42 Å². The van der Waals surface area contributed by atoms with E-state index in [-0.39, 0.29) is 6.04 Å². The second-order valence-electron chi connectivity index (χ2n) is 7.93. The molecular formula is C21H23N3O3S. The van der Waals surface area contributed by atoms with Crippen LogP contribution >= 0.6 is 0 Å². The van der Waals surface area contributed by atoms with Crippen LogP contribution in [-0.4, -0.2) is 35.5 Å². The first kappa shape index (κ1) is 17.8. The Hall–Kier alpha value is -2.25. The van der Waals surface area contributed by atoms with E-state index >= 15 is 0 Å². The topological polar surface area (TPSA) is 76.3 Å². The van der Waals surface area contributed by atoms with E-state index in [1.807, 2.05) is 26.0 Å². The highest BCUT2D eigenvalue weighted by molar-refractivity contribution is 7.89. The predicted octanol–water partition coefficient (Wildman–Crippen LogP) is 4.07. The van der Waals surface area contributed by atoms with Crippen LogP contribution in [-0.2, 0) is 10.0 Å². The molecule has 1 aromatic carbocycles. The summed E-state index contributed by atoms with van der Waals surface area (Å²) in [5, 5.41) is 4.69. The van der Waals surface area contributed by atoms with Gasteiger partial charge >= 0.3 is 0 Å². The molecule has 28 heavy (non-hydrogen) atoms. The summed E-state index contributed by atoms with van der Waals surface area (Å²) < 4.78 is 34.3. The van der Waals surface area contributed by atoms with Gasteiger partial charge in [-0.2, -0.15) is 4.31 Å². The van der Waals surface area contributed by atoms with E-state index in [1.54, 1.807) is 22.6 Å². The molecule has 1 aliphatic heterocycles. The molecule has 2 atom stereocenters. The highest BCUT2D eigenvalue weighted by Crippen LogP contribution is 2.42. The minimum Gasteiger partial charge on any atom is -0.361 e. The first-order chi connectivity index (χ1) is 13.5. The predicted molar refractivity (Wildman–Crippen MR) is 106 cm³/mol. The highest BCUT2D eigenvalue weighted by atomic mass is 32.2. The third kappa shape index (κ3) is 2.60. The van der Waals surface area contributed by atoms with Gasteiger partial charge in [-0.1, -0.05) is 18.0 Å². The van der Waals surface area contributed by atoms with Gasteiger partial charge in [-0.25, -0.2) is 8.42 Å². The van der Waals surface area contributed by atoms with Crippen LogP contribution < -0.4 is 0 Å². The standard InChI is InChI=1S/C21H23N3O3S/c1-13-21(14(2)27-23-13)16-10-18-17(7-5-9-22-18)20(11-16)28(25,26)24-12-15-6-3-4-8-19(15)24/h5,7,9-11,15,19H,3-4,6,8,12H2,1-2H3. The Balaban J connectivity index is 1.68. The molecule has 3 aromatic rings. The number of pyridine rings is 1. The van der Waals surface area contributed by atoms with Gasteiger partial charge in [0.1, 0.15) is 5.76 Å². The summed E-state index contributed by atoms with van der Waals surface area (Å²) >= 11 is 0. The van der Waals surface area contributed by atoms with Crippen molar-refractivity contribution in [1.82, 2.24) is 14.4 Å². The van der Waals surface area contributed by atoms with Crippen molar-refractivity contribution in [1.29, 1.82) is 0 Å². The molecular weight excluding hydrogens is 374 g/mol. The summed E-state index contributed by atoms with van der Waals surface area (Å²) in [6, 6.07) is 7.46. The fraction of sp³-hybridized carbons (Fsp3) is 0.429. The summed E-state index contributed by atoms with van der Waals surface area (Å²) in [6.45, 7) is 4.34. The fourth-order valence-electron chi connectivity index (χ4n) is 4.81. The van der Waals surface area contributed by atoms with Crippen molar-refractivity contribution >= 4 is 20.9 Å². The second-order valence-corrected chi connectivity index (χ2v) is 9.79. The molecule has 1 saturated heterocycles. The zero-order chi connectivity index (χ0) is 19.5. The number of fused-ring (bicyclic) bond motifs is 2. The lowest BCUT2D eigenvalue weighted by molar-refractivity contribution is 0.0602. The molecule has 0 bridgehead atoms. The first-order valence-electron chi connectivity index (χ1n) is 9.80. The minimum atomic E-state index is -3.60. The molecule has 0 N–H and O–H groups in total. The SMILES string of the molecule is Cc1noc(C)c1-c1cc(S(=O)(=O)N2CC3CCCCC32)c2cccnc2c1. The summed E-state index contributed by atoms with van der Waals surface area (Å²) in [6.07, 6.45) is 6.11. The quantitative estimate of drug-likeness (QED) is 0.666. The number of hydrogen-bond donors (Lipinski definition) is 0. The third-order valence-corrected chi connectivity index (χ3v) is 8.18. The molecule has 2 aliphatic rings. The van der Waals surface area contributed by atoms with Crippen molar-refractivity contribution in [2.75, 3.05) is 6.54 Å². The summed E-state index contributed by atoms with van der Waals surface area (Å²) in [7, 11) is -3.60. The monoisotopic (exact) mass is 397 g/mol. The van der Waals surface area contributed by atoms with E-state index in [4.69, 9.17) is 4.52 Å². The molecule has 6 nitrogen and oxygen atoms in total. The maximum absolute atomic E-state index is 13.6. The smallest absolute Gasteiger partial charge is 0.244 e. The largest absolute Gasteiger partial charge is 0.361 e. The molecule has 146 valence electrons. The van der Waals surface area contributed by atoms with E-state index in [0.717, 1.165) is 36.1 Å². The lowest BCUT2D eigenvalue weighted by Gasteiger charge is -2.49. The van der Waals surface area contributed by atoms with Gasteiger partial charge in [0, 0.05) is 29.7 Å². The van der Waals surface area contributed by atoms with Crippen molar-refractivity contribution in [2.45, 2.75) is 50.5 Å². The number of hydrogen-bond acceptors (Lipinski definition) is 5. The maximum Gasteiger partial charge on any atom is 0.244 e. The van der Waals surface area contributed by atoms with Gasteiger partial charge in [-0.15, -0.1) is 0 Å². The lowest BCUT2D eigenvalue weighted by Crippen LogP contribution is -2.59. The Kier molecular flexibility index (Phi) is 4.07. The number of nitrogens with zero attached hydrogens (tertiary/aromatic N) is 3. The van der Waals surface area contributed by atoms with Crippen molar-refractivity contribution in [2.24, 2.45) is 5.92 Å². The number of aryl methyl sites for hydroxylation is 2. The fourth-order valence-corrected chi connectivity index (χ4v) is 6.81. The third-order valence-electron chi connectivity index (χ3n) is 6.24. The van der Waals surface area contributed by atoms with Crippen LogP contribution in [0.4, 0.5) is 0 Å². The maximum atomic E-state index is 13.6. The normalized spacial score (nSPS) is 22.8. The molecule has 2 aromatic heterocycles. The van der Waals surface area contributed by atoms with E-state index < -0.39 is 10.0 Å². The lowest BCUT2D eigenvalue weighted by atomic mass is 9.79. The number of sulfonamides is 1. The zero-order valence-electron chi connectivity index (χ0n) is 16.1. The van der Waals surface area contributed by atoms with Gasteiger partial charge in [0.05, 0.1) is 16.1 Å².